The fourth-order valence-corrected chi connectivity index (χ4v) is 0.959. The Morgan fingerprint density at radius 2 is 1.88 bits per heavy atom. The number of carbonyl (C=O) groups is 1. The standard InChI is InChI=1S/C11H24N2O3/c1-8(2)12-6-9(14)7-13-10(15)16-11(3,4)5/h8-9,12,14H,6-7H2,1-5H3,(H,13,15). The molecule has 0 aromatic rings. The molecule has 1 unspecified atom stereocenters. The van der Waals surface area contributed by atoms with Crippen LogP contribution < -0.4 is 10.6 Å². The quantitative estimate of drug-likeness (QED) is 0.658. The molecule has 0 aromatic heterocycles. The highest BCUT2D eigenvalue weighted by atomic mass is 16.6. The number of aliphatic hydroxyl groups is 1. The van der Waals surface area contributed by atoms with Gasteiger partial charge in [-0.1, -0.05) is 13.8 Å². The zero-order valence-corrected chi connectivity index (χ0v) is 10.8. The molecule has 1 atom stereocenters. The summed E-state index contributed by atoms with van der Waals surface area (Å²) < 4.78 is 5.03. The molecule has 0 aliphatic heterocycles. The van der Waals surface area contributed by atoms with E-state index in [9.17, 15) is 9.90 Å². The Bertz CT molecular complexity index is 212. The molecule has 5 nitrogen and oxygen atoms in total. The molecule has 0 aromatic carbocycles. The topological polar surface area (TPSA) is 70.6 Å². The van der Waals surface area contributed by atoms with Crippen molar-refractivity contribution in [1.82, 2.24) is 10.6 Å². The monoisotopic (exact) mass is 232 g/mol. The van der Waals surface area contributed by atoms with Crippen LogP contribution in [0, 0.1) is 0 Å². The minimum Gasteiger partial charge on any atom is -0.444 e. The number of aliphatic hydroxyl groups excluding tert-OH is 1. The number of nitrogens with one attached hydrogen (secondary N) is 2. The van der Waals surface area contributed by atoms with Crippen LogP contribution in [0.2, 0.25) is 0 Å². The van der Waals surface area contributed by atoms with Gasteiger partial charge in [-0.15, -0.1) is 0 Å². The van der Waals surface area contributed by atoms with Gasteiger partial charge in [-0.25, -0.2) is 4.79 Å². The molecule has 0 saturated carbocycles. The van der Waals surface area contributed by atoms with E-state index in [1.165, 1.54) is 0 Å². The zero-order chi connectivity index (χ0) is 12.8. The SMILES string of the molecule is CC(C)NCC(O)CNC(=O)OC(C)(C)C. The Balaban J connectivity index is 3.67. The van der Waals surface area contributed by atoms with Crippen molar-refractivity contribution >= 4 is 6.09 Å². The molecular weight excluding hydrogens is 208 g/mol. The Kier molecular flexibility index (Phi) is 6.36. The van der Waals surface area contributed by atoms with Crippen molar-refractivity contribution in [3.05, 3.63) is 0 Å². The summed E-state index contributed by atoms with van der Waals surface area (Å²) in [5, 5.41) is 15.1. The first-order valence-corrected chi connectivity index (χ1v) is 5.59. The highest BCUT2D eigenvalue weighted by Gasteiger charge is 2.16. The summed E-state index contributed by atoms with van der Waals surface area (Å²) in [6, 6.07) is 0.316. The molecule has 0 rings (SSSR count). The van der Waals surface area contributed by atoms with Gasteiger partial charge in [-0.05, 0) is 20.8 Å². The summed E-state index contributed by atoms with van der Waals surface area (Å²) in [5.41, 5.74) is -0.509. The van der Waals surface area contributed by atoms with Crippen LogP contribution in [-0.4, -0.2) is 42.0 Å². The zero-order valence-electron chi connectivity index (χ0n) is 10.8. The predicted molar refractivity (Wildman–Crippen MR) is 63.4 cm³/mol. The molecule has 96 valence electrons. The Labute approximate surface area is 97.6 Å². The van der Waals surface area contributed by atoms with Crippen molar-refractivity contribution in [3.63, 3.8) is 0 Å². The maximum absolute atomic E-state index is 11.2. The third kappa shape index (κ3) is 9.73. The molecule has 0 aliphatic carbocycles. The van der Waals surface area contributed by atoms with Crippen molar-refractivity contribution in [2.45, 2.75) is 52.4 Å². The van der Waals surface area contributed by atoms with Gasteiger partial charge in [0.05, 0.1) is 6.10 Å². The highest BCUT2D eigenvalue weighted by Crippen LogP contribution is 2.06. The van der Waals surface area contributed by atoms with Crippen LogP contribution >= 0.6 is 0 Å². The highest BCUT2D eigenvalue weighted by molar-refractivity contribution is 5.67. The average Bonchev–Trinajstić information content (AvgIpc) is 2.08. The molecule has 1 amide bonds. The molecule has 0 aliphatic rings. The third-order valence-corrected chi connectivity index (χ3v) is 1.64. The van der Waals surface area contributed by atoms with Gasteiger partial charge in [-0.3, -0.25) is 0 Å². The van der Waals surface area contributed by atoms with Gasteiger partial charge in [0, 0.05) is 19.1 Å². The van der Waals surface area contributed by atoms with Crippen LogP contribution in [-0.2, 0) is 4.74 Å². The van der Waals surface area contributed by atoms with E-state index in [-0.39, 0.29) is 6.54 Å². The minimum absolute atomic E-state index is 0.189. The lowest BCUT2D eigenvalue weighted by atomic mass is 10.2. The molecule has 5 heteroatoms. The van der Waals surface area contributed by atoms with Crippen LogP contribution in [0.5, 0.6) is 0 Å². The molecule has 0 saturated heterocycles. The second-order valence-electron chi connectivity index (χ2n) is 5.10. The van der Waals surface area contributed by atoms with Gasteiger partial charge in [0.1, 0.15) is 5.60 Å². The van der Waals surface area contributed by atoms with Crippen molar-refractivity contribution in [3.8, 4) is 0 Å². The Hall–Kier alpha value is -0.810. The second kappa shape index (κ2) is 6.70. The Morgan fingerprint density at radius 3 is 2.31 bits per heavy atom. The first-order valence-electron chi connectivity index (χ1n) is 5.59. The van der Waals surface area contributed by atoms with E-state index in [0.29, 0.717) is 12.6 Å². The van der Waals surface area contributed by atoms with Crippen molar-refractivity contribution < 1.29 is 14.6 Å². The van der Waals surface area contributed by atoms with E-state index in [0.717, 1.165) is 0 Å². The molecule has 0 heterocycles. The van der Waals surface area contributed by atoms with E-state index in [4.69, 9.17) is 4.74 Å². The van der Waals surface area contributed by atoms with E-state index < -0.39 is 17.8 Å². The Morgan fingerprint density at radius 1 is 1.31 bits per heavy atom. The van der Waals surface area contributed by atoms with E-state index in [1.807, 2.05) is 13.8 Å². The van der Waals surface area contributed by atoms with Crippen LogP contribution in [0.25, 0.3) is 0 Å². The van der Waals surface area contributed by atoms with E-state index in [2.05, 4.69) is 10.6 Å². The second-order valence-corrected chi connectivity index (χ2v) is 5.10. The van der Waals surface area contributed by atoms with Crippen LogP contribution in [0.15, 0.2) is 0 Å². The van der Waals surface area contributed by atoms with Gasteiger partial charge in [0.15, 0.2) is 0 Å². The maximum atomic E-state index is 11.2. The maximum Gasteiger partial charge on any atom is 0.407 e. The summed E-state index contributed by atoms with van der Waals surface area (Å²) >= 11 is 0. The smallest absolute Gasteiger partial charge is 0.407 e. The molecule has 3 N–H and O–H groups in total. The number of amides is 1. The number of ether oxygens (including phenoxy) is 1. The minimum atomic E-state index is -0.602. The molecule has 0 bridgehead atoms. The fraction of sp³-hybridized carbons (Fsp3) is 0.909. The average molecular weight is 232 g/mol. The van der Waals surface area contributed by atoms with Crippen LogP contribution in [0.3, 0.4) is 0 Å². The molecular formula is C11H24N2O3. The fourth-order valence-electron chi connectivity index (χ4n) is 0.959. The number of hydrogen-bond donors (Lipinski definition) is 3. The lowest BCUT2D eigenvalue weighted by molar-refractivity contribution is 0.0491. The molecule has 0 spiro atoms. The van der Waals surface area contributed by atoms with Gasteiger partial charge in [-0.2, -0.15) is 0 Å². The van der Waals surface area contributed by atoms with Crippen molar-refractivity contribution in [2.24, 2.45) is 0 Å². The number of rotatable bonds is 5. The summed E-state index contributed by atoms with van der Waals surface area (Å²) in [7, 11) is 0. The number of carbonyl (C=O) groups excluding carboxylic acids is 1. The first-order chi connectivity index (χ1) is 7.20. The third-order valence-electron chi connectivity index (χ3n) is 1.64. The largest absolute Gasteiger partial charge is 0.444 e. The molecule has 0 radical (unpaired) electrons. The van der Waals surface area contributed by atoms with Crippen LogP contribution in [0.4, 0.5) is 4.79 Å². The normalized spacial score (nSPS) is 13.7. The number of alkyl carbamates (subject to hydrolysis) is 1. The molecule has 0 fully saturated rings. The van der Waals surface area contributed by atoms with E-state index in [1.54, 1.807) is 20.8 Å². The predicted octanol–water partition coefficient (Wildman–Crippen LogP) is 0.870. The van der Waals surface area contributed by atoms with Gasteiger partial charge >= 0.3 is 6.09 Å². The summed E-state index contributed by atoms with van der Waals surface area (Å²) in [4.78, 5) is 11.2. The van der Waals surface area contributed by atoms with Gasteiger partial charge in [0.25, 0.3) is 0 Å². The van der Waals surface area contributed by atoms with Gasteiger partial charge in [0.2, 0.25) is 0 Å². The molecule has 16 heavy (non-hydrogen) atoms. The van der Waals surface area contributed by atoms with Gasteiger partial charge < -0.3 is 20.5 Å². The van der Waals surface area contributed by atoms with Crippen molar-refractivity contribution in [1.29, 1.82) is 0 Å². The van der Waals surface area contributed by atoms with Crippen molar-refractivity contribution in [2.75, 3.05) is 13.1 Å². The summed E-state index contributed by atoms with van der Waals surface area (Å²) in [5.74, 6) is 0. The summed E-state index contributed by atoms with van der Waals surface area (Å²) in [6.07, 6.45) is -1.11. The van der Waals surface area contributed by atoms with Crippen LogP contribution in [0.1, 0.15) is 34.6 Å². The van der Waals surface area contributed by atoms with E-state index >= 15 is 0 Å². The summed E-state index contributed by atoms with van der Waals surface area (Å²) in [6.45, 7) is 10.0. The lowest BCUT2D eigenvalue weighted by Gasteiger charge is -2.21. The first kappa shape index (κ1) is 15.2. The number of hydrogen-bond acceptors (Lipinski definition) is 4. The lowest BCUT2D eigenvalue weighted by Crippen LogP contribution is -2.41.